The van der Waals surface area contributed by atoms with Crippen LogP contribution in [0.1, 0.15) is 23.7 Å². The lowest BCUT2D eigenvalue weighted by molar-refractivity contribution is 0.0935. The maximum atomic E-state index is 12.1. The molecule has 0 amide bonds. The normalized spacial score (nSPS) is 10.3. The van der Waals surface area contributed by atoms with Crippen molar-refractivity contribution in [2.45, 2.75) is 13.3 Å². The molecule has 102 valence electrons. The number of Topliss-reactive ketones (excluding diaryl/α,β-unsaturated/α-hetero) is 1. The third kappa shape index (κ3) is 4.66. The van der Waals surface area contributed by atoms with Gasteiger partial charge in [0.1, 0.15) is 5.75 Å². The average molecular weight is 325 g/mol. The van der Waals surface area contributed by atoms with Crippen molar-refractivity contribution in [3.8, 4) is 11.8 Å². The number of hydrogen-bond acceptors (Lipinski definition) is 4. The highest BCUT2D eigenvalue weighted by atomic mass is 79.9. The Bertz CT molecular complexity index is 483. The minimum Gasteiger partial charge on any atom is -0.496 e. The molecule has 0 atom stereocenters. The second-order valence-electron chi connectivity index (χ2n) is 4.05. The molecule has 0 aliphatic rings. The lowest BCUT2D eigenvalue weighted by atomic mass is 10.1. The van der Waals surface area contributed by atoms with E-state index < -0.39 is 0 Å². The number of nitrogens with zero attached hydrogens (tertiary/aromatic N) is 2. The third-order valence-electron chi connectivity index (χ3n) is 2.83. The number of halogens is 1. The summed E-state index contributed by atoms with van der Waals surface area (Å²) in [6, 6.07) is 7.38. The van der Waals surface area contributed by atoms with Gasteiger partial charge in [0.05, 0.1) is 24.2 Å². The van der Waals surface area contributed by atoms with Gasteiger partial charge in [0, 0.05) is 18.5 Å². The summed E-state index contributed by atoms with van der Waals surface area (Å²) in [6.45, 7) is 3.69. The van der Waals surface area contributed by atoms with E-state index in [-0.39, 0.29) is 5.78 Å². The number of methoxy groups -OCH3 is 1. The monoisotopic (exact) mass is 324 g/mol. The largest absolute Gasteiger partial charge is 0.496 e. The number of ether oxygens (including phenoxy) is 1. The van der Waals surface area contributed by atoms with Crippen molar-refractivity contribution in [1.82, 2.24) is 4.90 Å². The maximum Gasteiger partial charge on any atom is 0.176 e. The quantitative estimate of drug-likeness (QED) is 0.724. The van der Waals surface area contributed by atoms with Gasteiger partial charge < -0.3 is 4.74 Å². The van der Waals surface area contributed by atoms with Gasteiger partial charge in [-0.25, -0.2) is 0 Å². The highest BCUT2D eigenvalue weighted by Gasteiger charge is 2.12. The van der Waals surface area contributed by atoms with Crippen LogP contribution in [0.4, 0.5) is 0 Å². The molecular formula is C14H17BrN2O2. The van der Waals surface area contributed by atoms with Crippen LogP contribution in [0.15, 0.2) is 22.7 Å². The predicted octanol–water partition coefficient (Wildman–Crippen LogP) is 2.88. The molecule has 4 nitrogen and oxygen atoms in total. The van der Waals surface area contributed by atoms with Crippen LogP contribution in [0.2, 0.25) is 0 Å². The fourth-order valence-electron chi connectivity index (χ4n) is 1.69. The van der Waals surface area contributed by atoms with E-state index >= 15 is 0 Å². The zero-order valence-electron chi connectivity index (χ0n) is 11.1. The summed E-state index contributed by atoms with van der Waals surface area (Å²) in [5.41, 5.74) is 0.642. The smallest absolute Gasteiger partial charge is 0.176 e. The van der Waals surface area contributed by atoms with E-state index in [0.717, 1.165) is 11.0 Å². The Labute approximate surface area is 122 Å². The van der Waals surface area contributed by atoms with Gasteiger partial charge in [0.25, 0.3) is 0 Å². The van der Waals surface area contributed by atoms with E-state index in [4.69, 9.17) is 10.00 Å². The van der Waals surface area contributed by atoms with E-state index in [2.05, 4.69) is 22.0 Å². The van der Waals surface area contributed by atoms with Crippen LogP contribution in [0.25, 0.3) is 0 Å². The molecule has 5 heteroatoms. The van der Waals surface area contributed by atoms with Crippen molar-refractivity contribution in [3.63, 3.8) is 0 Å². The van der Waals surface area contributed by atoms with Crippen LogP contribution in [0.3, 0.4) is 0 Å². The second-order valence-corrected chi connectivity index (χ2v) is 4.90. The maximum absolute atomic E-state index is 12.1. The molecule has 0 unspecified atom stereocenters. The molecule has 0 aliphatic carbocycles. The number of benzene rings is 1. The number of nitriles is 1. The fraction of sp³-hybridized carbons (Fsp3) is 0.429. The van der Waals surface area contributed by atoms with Crippen LogP contribution < -0.4 is 4.74 Å². The Kier molecular flexibility index (Phi) is 6.54. The Morgan fingerprint density at radius 2 is 2.26 bits per heavy atom. The van der Waals surface area contributed by atoms with E-state index in [0.29, 0.717) is 30.8 Å². The number of rotatable bonds is 7. The number of carbonyl (C=O) groups is 1. The molecule has 0 aliphatic heterocycles. The van der Waals surface area contributed by atoms with E-state index in [1.165, 1.54) is 0 Å². The summed E-state index contributed by atoms with van der Waals surface area (Å²) < 4.78 is 5.90. The van der Waals surface area contributed by atoms with Crippen molar-refractivity contribution in [2.24, 2.45) is 0 Å². The number of likely N-dealkylation sites (N-methyl/N-ethyl adjacent to an activating group) is 1. The molecule has 19 heavy (non-hydrogen) atoms. The molecule has 0 saturated heterocycles. The minimum absolute atomic E-state index is 0.0446. The van der Waals surface area contributed by atoms with Gasteiger partial charge in [0.2, 0.25) is 0 Å². The summed E-state index contributed by atoms with van der Waals surface area (Å²) in [7, 11) is 1.59. The molecular weight excluding hydrogens is 308 g/mol. The van der Waals surface area contributed by atoms with Gasteiger partial charge in [-0.3, -0.25) is 9.69 Å². The molecule has 0 radical (unpaired) electrons. The third-order valence-corrected chi connectivity index (χ3v) is 3.45. The topological polar surface area (TPSA) is 53.3 Å². The Morgan fingerprint density at radius 3 is 2.79 bits per heavy atom. The SMILES string of the molecule is CCN(CCC#N)CC(=O)c1ccc(OC)c(Br)c1. The van der Waals surface area contributed by atoms with Crippen molar-refractivity contribution in [1.29, 1.82) is 5.26 Å². The molecule has 0 aromatic heterocycles. The van der Waals surface area contributed by atoms with Crippen LogP contribution in [0, 0.1) is 11.3 Å². The van der Waals surface area contributed by atoms with Gasteiger partial charge in [0.15, 0.2) is 5.78 Å². The van der Waals surface area contributed by atoms with Crippen molar-refractivity contribution < 1.29 is 9.53 Å². The van der Waals surface area contributed by atoms with E-state index in [1.807, 2.05) is 11.8 Å². The summed E-state index contributed by atoms with van der Waals surface area (Å²) in [6.07, 6.45) is 0.438. The molecule has 0 bridgehead atoms. The Balaban J connectivity index is 2.72. The molecule has 0 saturated carbocycles. The molecule has 0 heterocycles. The predicted molar refractivity (Wildman–Crippen MR) is 77.4 cm³/mol. The first-order valence-corrected chi connectivity index (χ1v) is 6.87. The Morgan fingerprint density at radius 1 is 1.53 bits per heavy atom. The first-order valence-electron chi connectivity index (χ1n) is 6.08. The lowest BCUT2D eigenvalue weighted by Gasteiger charge is -2.18. The summed E-state index contributed by atoms with van der Waals surface area (Å²) in [5.74, 6) is 0.747. The van der Waals surface area contributed by atoms with Gasteiger partial charge in [-0.05, 0) is 40.7 Å². The Hall–Kier alpha value is -1.38. The summed E-state index contributed by atoms with van der Waals surface area (Å²) in [5, 5.41) is 8.57. The number of hydrogen-bond donors (Lipinski definition) is 0. The molecule has 0 fully saturated rings. The molecule has 0 spiro atoms. The molecule has 1 aromatic carbocycles. The average Bonchev–Trinajstić information content (AvgIpc) is 2.43. The zero-order chi connectivity index (χ0) is 14.3. The summed E-state index contributed by atoms with van der Waals surface area (Å²) in [4.78, 5) is 14.1. The first-order chi connectivity index (χ1) is 9.12. The van der Waals surface area contributed by atoms with Gasteiger partial charge in [-0.1, -0.05) is 6.92 Å². The van der Waals surface area contributed by atoms with Gasteiger partial charge in [-0.2, -0.15) is 5.26 Å². The highest BCUT2D eigenvalue weighted by Crippen LogP contribution is 2.25. The number of carbonyl (C=O) groups excluding carboxylic acids is 1. The van der Waals surface area contributed by atoms with Crippen molar-refractivity contribution in [2.75, 3.05) is 26.7 Å². The molecule has 1 aromatic rings. The van der Waals surface area contributed by atoms with Crippen molar-refractivity contribution >= 4 is 21.7 Å². The van der Waals surface area contributed by atoms with Crippen LogP contribution in [0.5, 0.6) is 5.75 Å². The van der Waals surface area contributed by atoms with E-state index in [9.17, 15) is 4.79 Å². The minimum atomic E-state index is 0.0446. The molecule has 1 rings (SSSR count). The number of ketones is 1. The van der Waals surface area contributed by atoms with Crippen LogP contribution in [-0.2, 0) is 0 Å². The van der Waals surface area contributed by atoms with Crippen LogP contribution >= 0.6 is 15.9 Å². The van der Waals surface area contributed by atoms with Crippen LogP contribution in [-0.4, -0.2) is 37.4 Å². The fourth-order valence-corrected chi connectivity index (χ4v) is 2.23. The van der Waals surface area contributed by atoms with Gasteiger partial charge >= 0.3 is 0 Å². The van der Waals surface area contributed by atoms with Crippen molar-refractivity contribution in [3.05, 3.63) is 28.2 Å². The standard InChI is InChI=1S/C14H17BrN2O2/c1-3-17(8-4-7-16)10-13(18)11-5-6-14(19-2)12(15)9-11/h5-6,9H,3-4,8,10H2,1-2H3. The highest BCUT2D eigenvalue weighted by molar-refractivity contribution is 9.10. The summed E-state index contributed by atoms with van der Waals surface area (Å²) >= 11 is 3.37. The zero-order valence-corrected chi connectivity index (χ0v) is 12.7. The van der Waals surface area contributed by atoms with E-state index in [1.54, 1.807) is 25.3 Å². The van der Waals surface area contributed by atoms with Gasteiger partial charge in [-0.15, -0.1) is 0 Å². The lowest BCUT2D eigenvalue weighted by Crippen LogP contribution is -2.30. The second kappa shape index (κ2) is 7.93. The molecule has 0 N–H and O–H groups in total. The first kappa shape index (κ1) is 15.7.